The normalized spacial score (nSPS) is 10.2. The topological polar surface area (TPSA) is 76.3 Å². The fourth-order valence-electron chi connectivity index (χ4n) is 2.06. The molecule has 0 atom stereocenters. The van der Waals surface area contributed by atoms with Crippen LogP contribution >= 0.6 is 0 Å². The number of aldehydes is 1. The van der Waals surface area contributed by atoms with E-state index in [1.165, 1.54) is 12.1 Å². The van der Waals surface area contributed by atoms with Gasteiger partial charge in [-0.3, -0.25) is 19.9 Å². The third-order valence-corrected chi connectivity index (χ3v) is 3.12. The van der Waals surface area contributed by atoms with Crippen molar-refractivity contribution in [3.8, 4) is 0 Å². The van der Waals surface area contributed by atoms with Crippen molar-refractivity contribution < 1.29 is 9.72 Å². The molecule has 1 aromatic carbocycles. The smallest absolute Gasteiger partial charge is 0.280 e. The summed E-state index contributed by atoms with van der Waals surface area (Å²) in [4.78, 5) is 27.5. The fourth-order valence-corrected chi connectivity index (χ4v) is 2.06. The first-order chi connectivity index (χ1) is 10.0. The second-order valence-corrected chi connectivity index (χ2v) is 4.74. The van der Waals surface area contributed by atoms with Crippen molar-refractivity contribution in [3.05, 3.63) is 63.5 Å². The van der Waals surface area contributed by atoms with Crippen molar-refractivity contribution in [1.29, 1.82) is 0 Å². The molecule has 0 aliphatic carbocycles. The predicted molar refractivity (Wildman–Crippen MR) is 79.6 cm³/mol. The van der Waals surface area contributed by atoms with Crippen LogP contribution in [0.25, 0.3) is 0 Å². The van der Waals surface area contributed by atoms with E-state index < -0.39 is 4.92 Å². The van der Waals surface area contributed by atoms with Gasteiger partial charge in [-0.1, -0.05) is 6.07 Å². The summed E-state index contributed by atoms with van der Waals surface area (Å²) in [6.07, 6.45) is 0.500. The maximum Gasteiger partial charge on any atom is 0.280 e. The first-order valence-electron chi connectivity index (χ1n) is 6.38. The van der Waals surface area contributed by atoms with Crippen LogP contribution in [0.2, 0.25) is 0 Å². The number of carbonyl (C=O) groups is 1. The summed E-state index contributed by atoms with van der Waals surface area (Å²) in [6, 6.07) is 10.2. The molecule has 0 N–H and O–H groups in total. The summed E-state index contributed by atoms with van der Waals surface area (Å²) < 4.78 is 0. The molecule has 0 saturated heterocycles. The molecule has 0 saturated carbocycles. The lowest BCUT2D eigenvalue weighted by molar-refractivity contribution is -0.385. The highest BCUT2D eigenvalue weighted by molar-refractivity contribution is 5.83. The summed E-state index contributed by atoms with van der Waals surface area (Å²) in [7, 11) is 1.85. The van der Waals surface area contributed by atoms with Gasteiger partial charge in [-0.25, -0.2) is 0 Å². The van der Waals surface area contributed by atoms with Crippen LogP contribution in [0, 0.1) is 17.0 Å². The van der Waals surface area contributed by atoms with E-state index in [4.69, 9.17) is 0 Å². The van der Waals surface area contributed by atoms with Gasteiger partial charge in [0.05, 0.1) is 22.7 Å². The highest BCUT2D eigenvalue weighted by Crippen LogP contribution is 2.24. The number of nitrogens with zero attached hydrogens (tertiary/aromatic N) is 3. The molecule has 0 bridgehead atoms. The molecular formula is C15H15N3O3. The van der Waals surface area contributed by atoms with Crippen LogP contribution in [0.1, 0.15) is 21.7 Å². The average Bonchev–Trinajstić information content (AvgIpc) is 2.46. The van der Waals surface area contributed by atoms with Gasteiger partial charge in [0.25, 0.3) is 5.69 Å². The predicted octanol–water partition coefficient (Wildman–Crippen LogP) is 2.75. The van der Waals surface area contributed by atoms with Gasteiger partial charge in [0, 0.05) is 24.5 Å². The maximum absolute atomic E-state index is 11.0. The standard InChI is InChI=1S/C15H15N3O3/c1-11-4-3-5-13(16-11)9-17(2)14-6-7-15(18(20)21)12(8-14)10-19/h3-8,10H,9H2,1-2H3. The van der Waals surface area contributed by atoms with E-state index in [0.29, 0.717) is 12.8 Å². The molecule has 21 heavy (non-hydrogen) atoms. The molecule has 2 rings (SSSR count). The Hall–Kier alpha value is -2.76. The monoisotopic (exact) mass is 285 g/mol. The molecule has 6 heteroatoms. The molecule has 2 aromatic rings. The Morgan fingerprint density at radius 3 is 2.71 bits per heavy atom. The van der Waals surface area contributed by atoms with E-state index in [1.807, 2.05) is 37.1 Å². The highest BCUT2D eigenvalue weighted by Gasteiger charge is 2.15. The van der Waals surface area contributed by atoms with E-state index in [0.717, 1.165) is 17.1 Å². The third kappa shape index (κ3) is 3.42. The van der Waals surface area contributed by atoms with Gasteiger partial charge in [0.1, 0.15) is 0 Å². The molecular weight excluding hydrogens is 270 g/mol. The molecule has 0 amide bonds. The minimum Gasteiger partial charge on any atom is -0.369 e. The number of aryl methyl sites for hydroxylation is 1. The number of pyridine rings is 1. The van der Waals surface area contributed by atoms with E-state index >= 15 is 0 Å². The summed E-state index contributed by atoms with van der Waals surface area (Å²) >= 11 is 0. The fraction of sp³-hybridized carbons (Fsp3) is 0.200. The molecule has 108 valence electrons. The maximum atomic E-state index is 11.0. The quantitative estimate of drug-likeness (QED) is 0.479. The Morgan fingerprint density at radius 1 is 1.33 bits per heavy atom. The van der Waals surface area contributed by atoms with Crippen LogP contribution in [0.15, 0.2) is 36.4 Å². The lowest BCUT2D eigenvalue weighted by Gasteiger charge is -2.19. The van der Waals surface area contributed by atoms with Crippen molar-refractivity contribution in [2.24, 2.45) is 0 Å². The number of carbonyl (C=O) groups excluding carboxylic acids is 1. The Morgan fingerprint density at radius 2 is 2.10 bits per heavy atom. The Kier molecular flexibility index (Phi) is 4.27. The van der Waals surface area contributed by atoms with Crippen LogP contribution in [-0.4, -0.2) is 23.2 Å². The molecule has 6 nitrogen and oxygen atoms in total. The molecule has 0 radical (unpaired) electrons. The summed E-state index contributed by atoms with van der Waals surface area (Å²) in [5.74, 6) is 0. The number of rotatable bonds is 5. The lowest BCUT2D eigenvalue weighted by Crippen LogP contribution is -2.17. The summed E-state index contributed by atoms with van der Waals surface area (Å²) in [5.41, 5.74) is 2.44. The van der Waals surface area contributed by atoms with Crippen molar-refractivity contribution in [1.82, 2.24) is 4.98 Å². The van der Waals surface area contributed by atoms with Gasteiger partial charge in [0.15, 0.2) is 6.29 Å². The number of nitro groups is 1. The van der Waals surface area contributed by atoms with Crippen LogP contribution in [0.5, 0.6) is 0 Å². The highest BCUT2D eigenvalue weighted by atomic mass is 16.6. The molecule has 0 fully saturated rings. The Labute approximate surface area is 122 Å². The Balaban J connectivity index is 2.25. The second-order valence-electron chi connectivity index (χ2n) is 4.74. The zero-order valence-corrected chi connectivity index (χ0v) is 11.8. The van der Waals surface area contributed by atoms with Crippen molar-refractivity contribution in [2.45, 2.75) is 13.5 Å². The number of nitro benzene ring substituents is 1. The molecule has 1 heterocycles. The van der Waals surface area contributed by atoms with Gasteiger partial charge in [-0.15, -0.1) is 0 Å². The minimum absolute atomic E-state index is 0.0709. The first-order valence-corrected chi connectivity index (χ1v) is 6.38. The van der Waals surface area contributed by atoms with Crippen molar-refractivity contribution in [3.63, 3.8) is 0 Å². The van der Waals surface area contributed by atoms with Crippen molar-refractivity contribution >= 4 is 17.7 Å². The largest absolute Gasteiger partial charge is 0.369 e. The van der Waals surface area contributed by atoms with Crippen LogP contribution in [0.3, 0.4) is 0 Å². The number of hydrogen-bond donors (Lipinski definition) is 0. The van der Waals surface area contributed by atoms with Crippen LogP contribution in [-0.2, 0) is 6.54 Å². The van der Waals surface area contributed by atoms with E-state index in [9.17, 15) is 14.9 Å². The SMILES string of the molecule is Cc1cccc(CN(C)c2ccc([N+](=O)[O-])c(C=O)c2)n1. The van der Waals surface area contributed by atoms with Gasteiger partial charge in [-0.05, 0) is 31.2 Å². The van der Waals surface area contributed by atoms with Gasteiger partial charge in [-0.2, -0.15) is 0 Å². The number of hydrogen-bond acceptors (Lipinski definition) is 5. The number of benzene rings is 1. The number of aromatic nitrogens is 1. The van der Waals surface area contributed by atoms with E-state index in [2.05, 4.69) is 4.98 Å². The second kappa shape index (κ2) is 6.13. The molecule has 0 spiro atoms. The van der Waals surface area contributed by atoms with Crippen LogP contribution < -0.4 is 4.90 Å². The molecule has 1 aromatic heterocycles. The zero-order valence-electron chi connectivity index (χ0n) is 11.8. The van der Waals surface area contributed by atoms with Crippen LogP contribution in [0.4, 0.5) is 11.4 Å². The third-order valence-electron chi connectivity index (χ3n) is 3.12. The molecule has 0 unspecified atom stereocenters. The number of anilines is 1. The summed E-state index contributed by atoms with van der Waals surface area (Å²) in [6.45, 7) is 2.47. The van der Waals surface area contributed by atoms with Crippen molar-refractivity contribution in [2.75, 3.05) is 11.9 Å². The molecule has 0 aliphatic rings. The lowest BCUT2D eigenvalue weighted by atomic mass is 10.1. The van der Waals surface area contributed by atoms with E-state index in [1.54, 1.807) is 6.07 Å². The van der Waals surface area contributed by atoms with Gasteiger partial charge < -0.3 is 4.90 Å². The average molecular weight is 285 g/mol. The Bertz CT molecular complexity index is 686. The zero-order chi connectivity index (χ0) is 15.4. The van der Waals surface area contributed by atoms with E-state index in [-0.39, 0.29) is 11.3 Å². The minimum atomic E-state index is -0.560. The summed E-state index contributed by atoms with van der Waals surface area (Å²) in [5, 5.41) is 10.8. The van der Waals surface area contributed by atoms with Gasteiger partial charge in [0.2, 0.25) is 0 Å². The molecule has 0 aliphatic heterocycles. The van der Waals surface area contributed by atoms with Gasteiger partial charge >= 0.3 is 0 Å². The first kappa shape index (κ1) is 14.6.